The normalized spacial score (nSPS) is 12.0. The molecule has 0 radical (unpaired) electrons. The number of aromatic nitrogens is 3. The van der Waals surface area contributed by atoms with Crippen LogP contribution in [0.4, 0.5) is 0 Å². The fourth-order valence-electron chi connectivity index (χ4n) is 10.2. The van der Waals surface area contributed by atoms with Crippen LogP contribution in [0, 0.1) is 0 Å². The zero-order chi connectivity index (χ0) is 42.6. The lowest BCUT2D eigenvalue weighted by Gasteiger charge is -2.12. The quantitative estimate of drug-likeness (QED) is 0.173. The molecule has 0 aliphatic rings. The van der Waals surface area contributed by atoms with Crippen molar-refractivity contribution in [2.24, 2.45) is 0 Å². The number of thiophene rings is 2. The van der Waals surface area contributed by atoms with Crippen LogP contribution in [0.2, 0.25) is 0 Å². The Bertz CT molecular complexity index is 4230. The lowest BCUT2D eigenvalue weighted by molar-refractivity contribution is 1.19. The second kappa shape index (κ2) is 14.3. The van der Waals surface area contributed by atoms with Gasteiger partial charge in [0.2, 0.25) is 0 Å². The number of fused-ring (bicyclic) bond motifs is 14. The summed E-state index contributed by atoms with van der Waals surface area (Å²) in [5.74, 6) is 0.711. The first-order valence-electron chi connectivity index (χ1n) is 22.0. The average molecular weight is 862 g/mol. The molecule has 0 atom stereocenters. The van der Waals surface area contributed by atoms with Gasteiger partial charge in [-0.05, 0) is 75.1 Å². The molecule has 10 aromatic carbocycles. The molecule has 14 aromatic rings. The van der Waals surface area contributed by atoms with Crippen molar-refractivity contribution in [3.63, 3.8) is 0 Å². The number of hydrogen-bond donors (Lipinski definition) is 0. The van der Waals surface area contributed by atoms with Gasteiger partial charge in [0.25, 0.3) is 0 Å². The molecular weight excluding hydrogens is 827 g/mol. The van der Waals surface area contributed by atoms with Crippen molar-refractivity contribution < 1.29 is 0 Å². The molecule has 0 saturated heterocycles. The molecule has 0 fully saturated rings. The van der Waals surface area contributed by atoms with Crippen LogP contribution in [0.25, 0.3) is 134 Å². The predicted molar refractivity (Wildman–Crippen MR) is 279 cm³/mol. The molecule has 0 aliphatic carbocycles. The summed E-state index contributed by atoms with van der Waals surface area (Å²) in [6.07, 6.45) is 0. The molecule has 5 heteroatoms. The highest BCUT2D eigenvalue weighted by Gasteiger charge is 2.22. The van der Waals surface area contributed by atoms with Gasteiger partial charge in [-0.25, -0.2) is 9.97 Å². The second-order valence-electron chi connectivity index (χ2n) is 16.8. The van der Waals surface area contributed by atoms with E-state index in [1.807, 2.05) is 22.7 Å². The van der Waals surface area contributed by atoms with Crippen LogP contribution >= 0.6 is 22.7 Å². The van der Waals surface area contributed by atoms with Gasteiger partial charge in [0.15, 0.2) is 5.82 Å². The van der Waals surface area contributed by atoms with Crippen molar-refractivity contribution in [1.29, 1.82) is 0 Å². The minimum Gasteiger partial charge on any atom is -0.308 e. The Labute approximate surface area is 381 Å². The maximum Gasteiger partial charge on any atom is 0.160 e. The fourth-order valence-corrected chi connectivity index (χ4v) is 12.6. The highest BCUT2D eigenvalue weighted by molar-refractivity contribution is 7.27. The molecule has 0 unspecified atom stereocenters. The summed E-state index contributed by atoms with van der Waals surface area (Å²) < 4.78 is 7.62. The number of rotatable bonds is 5. The van der Waals surface area contributed by atoms with Gasteiger partial charge in [-0.1, -0.05) is 170 Å². The maximum atomic E-state index is 5.33. The van der Waals surface area contributed by atoms with Crippen LogP contribution in [0.5, 0.6) is 0 Å². The van der Waals surface area contributed by atoms with Crippen LogP contribution < -0.4 is 0 Å². The lowest BCUT2D eigenvalue weighted by atomic mass is 9.99. The van der Waals surface area contributed by atoms with E-state index >= 15 is 0 Å². The molecule has 302 valence electrons. The number of nitrogens with zero attached hydrogens (tertiary/aromatic N) is 3. The third-order valence-electron chi connectivity index (χ3n) is 13.2. The van der Waals surface area contributed by atoms with Crippen molar-refractivity contribution in [3.05, 3.63) is 212 Å². The second-order valence-corrected chi connectivity index (χ2v) is 19.0. The summed E-state index contributed by atoms with van der Waals surface area (Å²) >= 11 is 3.74. The molecular formula is C60H35N3S2. The highest BCUT2D eigenvalue weighted by atomic mass is 32.1. The van der Waals surface area contributed by atoms with Gasteiger partial charge in [0.05, 0.1) is 27.1 Å². The third kappa shape index (κ3) is 5.66. The van der Waals surface area contributed by atoms with E-state index in [9.17, 15) is 0 Å². The van der Waals surface area contributed by atoms with E-state index in [1.165, 1.54) is 94.8 Å². The summed E-state index contributed by atoms with van der Waals surface area (Å²) in [6.45, 7) is 0. The first-order chi connectivity index (χ1) is 32.2. The van der Waals surface area contributed by atoms with Crippen molar-refractivity contribution in [1.82, 2.24) is 14.5 Å². The molecule has 0 aliphatic heterocycles. The first-order valence-corrected chi connectivity index (χ1v) is 23.6. The third-order valence-corrected chi connectivity index (χ3v) is 15.5. The van der Waals surface area contributed by atoms with E-state index in [4.69, 9.17) is 9.97 Å². The minimum absolute atomic E-state index is 0.711. The van der Waals surface area contributed by atoms with E-state index in [1.54, 1.807) is 0 Å². The van der Waals surface area contributed by atoms with E-state index in [0.717, 1.165) is 33.8 Å². The van der Waals surface area contributed by atoms with Crippen LogP contribution in [0.1, 0.15) is 0 Å². The Balaban J connectivity index is 0.945. The molecule has 0 amide bonds. The predicted octanol–water partition coefficient (Wildman–Crippen LogP) is 17.3. The first kappa shape index (κ1) is 36.5. The molecule has 0 spiro atoms. The van der Waals surface area contributed by atoms with Crippen LogP contribution in [0.15, 0.2) is 212 Å². The van der Waals surface area contributed by atoms with Gasteiger partial charge >= 0.3 is 0 Å². The van der Waals surface area contributed by atoms with Gasteiger partial charge in [-0.3, -0.25) is 0 Å². The molecule has 4 aromatic heterocycles. The molecule has 4 heterocycles. The molecule has 65 heavy (non-hydrogen) atoms. The monoisotopic (exact) mass is 861 g/mol. The Hall–Kier alpha value is -7.96. The Morgan fingerprint density at radius 2 is 1.00 bits per heavy atom. The summed E-state index contributed by atoms with van der Waals surface area (Å²) in [6, 6.07) is 77.0. The summed E-state index contributed by atoms with van der Waals surface area (Å²) in [7, 11) is 0. The van der Waals surface area contributed by atoms with Gasteiger partial charge in [-0.2, -0.15) is 0 Å². The van der Waals surface area contributed by atoms with E-state index in [-0.39, 0.29) is 0 Å². The molecule has 0 saturated carbocycles. The summed E-state index contributed by atoms with van der Waals surface area (Å²) in [5, 5.41) is 12.7. The lowest BCUT2D eigenvalue weighted by Crippen LogP contribution is -1.96. The van der Waals surface area contributed by atoms with E-state index in [2.05, 4.69) is 217 Å². The van der Waals surface area contributed by atoms with Crippen LogP contribution in [0.3, 0.4) is 0 Å². The fraction of sp³-hybridized carbons (Fsp3) is 0. The van der Waals surface area contributed by atoms with Gasteiger partial charge in [0.1, 0.15) is 0 Å². The summed E-state index contributed by atoms with van der Waals surface area (Å²) in [4.78, 5) is 10.6. The zero-order valence-electron chi connectivity index (χ0n) is 34.9. The largest absolute Gasteiger partial charge is 0.308 e. The maximum absolute atomic E-state index is 5.33. The Morgan fingerprint density at radius 1 is 0.354 bits per heavy atom. The standard InChI is InChI=1S/C60H35N3S2/c1-2-13-36(14-3-1)37-25-27-39(28-26-37)50-35-51(43-22-12-16-38-15-4-5-17-42(38)43)62-60(61-50)40-29-31-44-49-34-41(30-32-54(49)64-55(44)33-40)63-52-23-10-8-20-47(52)56-45-18-6-7-19-46(45)57-48-21-9-11-24-53(48)65-59(57)58(56)63/h1-35H. The molecule has 3 nitrogen and oxygen atoms in total. The highest BCUT2D eigenvalue weighted by Crippen LogP contribution is 2.48. The smallest absolute Gasteiger partial charge is 0.160 e. The molecule has 0 N–H and O–H groups in total. The topological polar surface area (TPSA) is 30.7 Å². The minimum atomic E-state index is 0.711. The SMILES string of the molecule is c1ccc(-c2ccc(-c3cc(-c4cccc5ccccc45)nc(-c4ccc5c(c4)sc4ccc(-n6c7ccccc7c7c8ccccc8c8c9ccccc9sc8c76)cc45)n3)cc2)cc1. The van der Waals surface area contributed by atoms with E-state index in [0.29, 0.717) is 5.82 Å². The van der Waals surface area contributed by atoms with Crippen molar-refractivity contribution >= 4 is 106 Å². The van der Waals surface area contributed by atoms with Crippen LogP contribution in [-0.4, -0.2) is 14.5 Å². The van der Waals surface area contributed by atoms with Crippen molar-refractivity contribution in [2.45, 2.75) is 0 Å². The molecule has 0 bridgehead atoms. The number of benzene rings is 10. The number of hydrogen-bond acceptors (Lipinski definition) is 4. The van der Waals surface area contributed by atoms with Gasteiger partial charge in [0, 0.05) is 68.8 Å². The average Bonchev–Trinajstić information content (AvgIpc) is 4.06. The number of para-hydroxylation sites is 1. The zero-order valence-corrected chi connectivity index (χ0v) is 36.5. The van der Waals surface area contributed by atoms with Crippen molar-refractivity contribution in [2.75, 3.05) is 0 Å². The van der Waals surface area contributed by atoms with E-state index < -0.39 is 0 Å². The summed E-state index contributed by atoms with van der Waals surface area (Å²) in [5.41, 5.74) is 11.0. The van der Waals surface area contributed by atoms with Gasteiger partial charge < -0.3 is 4.57 Å². The van der Waals surface area contributed by atoms with Crippen molar-refractivity contribution in [3.8, 4) is 50.7 Å². The Morgan fingerprint density at radius 3 is 1.86 bits per heavy atom. The Kier molecular flexibility index (Phi) is 8.02. The van der Waals surface area contributed by atoms with Gasteiger partial charge in [-0.15, -0.1) is 22.7 Å². The van der Waals surface area contributed by atoms with Crippen LogP contribution in [-0.2, 0) is 0 Å². The molecule has 14 rings (SSSR count).